The van der Waals surface area contributed by atoms with Gasteiger partial charge in [-0.15, -0.1) is 0 Å². The predicted octanol–water partition coefficient (Wildman–Crippen LogP) is 0.673. The van der Waals surface area contributed by atoms with Gasteiger partial charge in [0, 0.05) is 23.9 Å². The topological polar surface area (TPSA) is 92.2 Å². The molecule has 1 rings (SSSR count). The third kappa shape index (κ3) is 3.87. The number of rotatable bonds is 3. The molecule has 0 spiro atoms. The molecule has 0 aliphatic rings. The van der Waals surface area contributed by atoms with Crippen molar-refractivity contribution in [3.63, 3.8) is 0 Å². The Balaban J connectivity index is 2.73. The molecule has 1 amide bonds. The minimum absolute atomic E-state index is 0.352. The molecule has 0 fully saturated rings. The normalized spacial score (nSPS) is 10.4. The van der Waals surface area contributed by atoms with Gasteiger partial charge in [0.25, 0.3) is 0 Å². The van der Waals surface area contributed by atoms with Crippen LogP contribution in [-0.4, -0.2) is 27.0 Å². The summed E-state index contributed by atoms with van der Waals surface area (Å²) in [5.41, 5.74) is 0.727. The van der Waals surface area contributed by atoms with E-state index in [-0.39, 0.29) is 0 Å². The van der Waals surface area contributed by atoms with E-state index in [9.17, 15) is 9.59 Å². The van der Waals surface area contributed by atoms with Crippen LogP contribution in [0.2, 0.25) is 0 Å². The number of aryl methyl sites for hydroxylation is 2. The molecule has 0 aromatic carbocycles. The number of carbonyl (C=O) groups is 2. The molecule has 0 aliphatic carbocycles. The van der Waals surface area contributed by atoms with Gasteiger partial charge in [0.15, 0.2) is 0 Å². The molecule has 6 heteroatoms. The Labute approximate surface area is 92.0 Å². The quantitative estimate of drug-likeness (QED) is 0.732. The van der Waals surface area contributed by atoms with Crippen LogP contribution in [0.15, 0.2) is 18.2 Å². The summed E-state index contributed by atoms with van der Waals surface area (Å²) in [4.78, 5) is 29.4. The zero-order valence-electron chi connectivity index (χ0n) is 8.89. The Morgan fingerprint density at radius 3 is 2.56 bits per heavy atom. The first-order valence-corrected chi connectivity index (χ1v) is 4.51. The molecule has 84 valence electrons. The van der Waals surface area contributed by atoms with Gasteiger partial charge < -0.3 is 10.4 Å². The van der Waals surface area contributed by atoms with Gasteiger partial charge in [-0.05, 0) is 13.8 Å². The van der Waals surface area contributed by atoms with Crippen LogP contribution in [0.3, 0.4) is 0 Å². The molecule has 0 radical (unpaired) electrons. The predicted molar refractivity (Wildman–Crippen MR) is 56.9 cm³/mol. The molecule has 16 heavy (non-hydrogen) atoms. The van der Waals surface area contributed by atoms with Gasteiger partial charge in [0.2, 0.25) is 5.91 Å². The van der Waals surface area contributed by atoms with E-state index in [4.69, 9.17) is 5.11 Å². The third-order valence-corrected chi connectivity index (χ3v) is 1.59. The molecule has 0 saturated heterocycles. The highest BCUT2D eigenvalue weighted by Crippen LogP contribution is 2.05. The van der Waals surface area contributed by atoms with Crippen molar-refractivity contribution in [2.45, 2.75) is 13.8 Å². The number of carbonyl (C=O) groups excluding carboxylic acids is 1. The Morgan fingerprint density at radius 2 is 2.00 bits per heavy atom. The number of aliphatic carboxylic acids is 1. The Kier molecular flexibility index (Phi) is 3.71. The Hall–Kier alpha value is -2.24. The zero-order valence-corrected chi connectivity index (χ0v) is 8.89. The monoisotopic (exact) mass is 221 g/mol. The van der Waals surface area contributed by atoms with Gasteiger partial charge in [0.1, 0.15) is 11.6 Å². The first-order chi connectivity index (χ1) is 7.47. The van der Waals surface area contributed by atoms with Gasteiger partial charge in [-0.1, -0.05) is 0 Å². The summed E-state index contributed by atoms with van der Waals surface area (Å²) in [7, 11) is 0. The van der Waals surface area contributed by atoms with E-state index < -0.39 is 11.9 Å². The van der Waals surface area contributed by atoms with Gasteiger partial charge >= 0.3 is 5.97 Å². The summed E-state index contributed by atoms with van der Waals surface area (Å²) in [6.45, 7) is 3.48. The number of nitrogens with zero attached hydrogens (tertiary/aromatic N) is 2. The molecule has 6 nitrogen and oxygen atoms in total. The van der Waals surface area contributed by atoms with E-state index in [0.29, 0.717) is 11.6 Å². The van der Waals surface area contributed by atoms with Gasteiger partial charge in [-0.25, -0.2) is 14.8 Å². The van der Waals surface area contributed by atoms with Crippen molar-refractivity contribution in [1.82, 2.24) is 9.97 Å². The van der Waals surface area contributed by atoms with Crippen molar-refractivity contribution in [1.29, 1.82) is 0 Å². The summed E-state index contributed by atoms with van der Waals surface area (Å²) >= 11 is 0. The van der Waals surface area contributed by atoms with E-state index in [0.717, 1.165) is 17.8 Å². The fourth-order valence-electron chi connectivity index (χ4n) is 1.10. The number of nitrogens with one attached hydrogen (secondary N) is 1. The molecular formula is C10H11N3O3. The summed E-state index contributed by atoms with van der Waals surface area (Å²) in [5, 5.41) is 10.8. The van der Waals surface area contributed by atoms with Crippen LogP contribution in [0.4, 0.5) is 5.82 Å². The molecule has 1 heterocycles. The maximum Gasteiger partial charge on any atom is 0.328 e. The summed E-state index contributed by atoms with van der Waals surface area (Å²) in [6.07, 6.45) is 1.69. The van der Waals surface area contributed by atoms with Crippen LogP contribution in [0, 0.1) is 13.8 Å². The number of hydrogen-bond donors (Lipinski definition) is 2. The fraction of sp³-hybridized carbons (Fsp3) is 0.200. The molecule has 1 aromatic rings. The third-order valence-electron chi connectivity index (χ3n) is 1.59. The molecule has 0 aliphatic heterocycles. The minimum atomic E-state index is -1.18. The molecule has 2 N–H and O–H groups in total. The highest BCUT2D eigenvalue weighted by Gasteiger charge is 2.02. The number of carboxylic acid groups (broad SMARTS) is 1. The second-order valence-corrected chi connectivity index (χ2v) is 3.10. The van der Waals surface area contributed by atoms with Crippen LogP contribution >= 0.6 is 0 Å². The number of amides is 1. The van der Waals surface area contributed by atoms with Gasteiger partial charge in [-0.3, -0.25) is 4.79 Å². The van der Waals surface area contributed by atoms with Crippen molar-refractivity contribution in [3.05, 3.63) is 29.7 Å². The zero-order chi connectivity index (χ0) is 12.1. The van der Waals surface area contributed by atoms with Crippen molar-refractivity contribution in [2.24, 2.45) is 0 Å². The smallest absolute Gasteiger partial charge is 0.328 e. The molecule has 0 atom stereocenters. The van der Waals surface area contributed by atoms with Crippen molar-refractivity contribution in [2.75, 3.05) is 5.32 Å². The lowest BCUT2D eigenvalue weighted by molar-refractivity contribution is -0.131. The Morgan fingerprint density at radius 1 is 1.31 bits per heavy atom. The lowest BCUT2D eigenvalue weighted by atomic mass is 10.4. The minimum Gasteiger partial charge on any atom is -0.478 e. The number of carboxylic acids is 1. The first-order valence-electron chi connectivity index (χ1n) is 4.51. The molecule has 0 bridgehead atoms. The lowest BCUT2D eigenvalue weighted by Gasteiger charge is -2.02. The number of anilines is 1. The second kappa shape index (κ2) is 5.01. The van der Waals surface area contributed by atoms with Gasteiger partial charge in [-0.2, -0.15) is 0 Å². The fourth-order valence-corrected chi connectivity index (χ4v) is 1.10. The molecule has 0 saturated carbocycles. The second-order valence-electron chi connectivity index (χ2n) is 3.10. The first kappa shape index (κ1) is 11.8. The van der Waals surface area contributed by atoms with Crippen molar-refractivity contribution in [3.8, 4) is 0 Å². The van der Waals surface area contributed by atoms with Crippen LogP contribution in [0.1, 0.15) is 11.5 Å². The van der Waals surface area contributed by atoms with Crippen LogP contribution in [0.25, 0.3) is 0 Å². The largest absolute Gasteiger partial charge is 0.478 e. The molecule has 0 unspecified atom stereocenters. The summed E-state index contributed by atoms with van der Waals surface area (Å²) < 4.78 is 0. The molecular weight excluding hydrogens is 210 g/mol. The maximum absolute atomic E-state index is 11.2. The van der Waals surface area contributed by atoms with E-state index in [1.807, 2.05) is 0 Å². The number of hydrogen-bond acceptors (Lipinski definition) is 4. The van der Waals surface area contributed by atoms with Crippen LogP contribution in [-0.2, 0) is 9.59 Å². The standard InChI is InChI=1S/C10H11N3O3/c1-6-5-8(12-7(2)11-6)13-9(14)3-4-10(15)16/h3-5H,1-2H3,(H,15,16)(H,11,12,13,14)/b4-3+. The number of aromatic nitrogens is 2. The average Bonchev–Trinajstić information content (AvgIpc) is 2.12. The average molecular weight is 221 g/mol. The van der Waals surface area contributed by atoms with E-state index in [1.165, 1.54) is 0 Å². The highest BCUT2D eigenvalue weighted by atomic mass is 16.4. The molecule has 1 aromatic heterocycles. The summed E-state index contributed by atoms with van der Waals surface area (Å²) in [6, 6.07) is 1.60. The van der Waals surface area contributed by atoms with E-state index in [2.05, 4.69) is 15.3 Å². The van der Waals surface area contributed by atoms with E-state index >= 15 is 0 Å². The highest BCUT2D eigenvalue weighted by molar-refractivity contribution is 6.01. The van der Waals surface area contributed by atoms with Crippen molar-refractivity contribution >= 4 is 17.7 Å². The lowest BCUT2D eigenvalue weighted by Crippen LogP contribution is -2.11. The summed E-state index contributed by atoms with van der Waals surface area (Å²) in [5.74, 6) is -0.826. The van der Waals surface area contributed by atoms with Crippen LogP contribution in [0.5, 0.6) is 0 Å². The van der Waals surface area contributed by atoms with Gasteiger partial charge in [0.05, 0.1) is 0 Å². The van der Waals surface area contributed by atoms with E-state index in [1.54, 1.807) is 19.9 Å². The van der Waals surface area contributed by atoms with Crippen molar-refractivity contribution < 1.29 is 14.7 Å². The Bertz CT molecular complexity index is 434. The SMILES string of the molecule is Cc1cc(NC(=O)/C=C/C(=O)O)nc(C)n1. The van der Waals surface area contributed by atoms with Crippen LogP contribution < -0.4 is 5.32 Å². The maximum atomic E-state index is 11.2.